The van der Waals surface area contributed by atoms with Crippen LogP contribution in [-0.4, -0.2) is 16.8 Å². The van der Waals surface area contributed by atoms with E-state index in [2.05, 4.69) is 4.99 Å². The van der Waals surface area contributed by atoms with Crippen molar-refractivity contribution in [2.45, 2.75) is 6.92 Å². The van der Waals surface area contributed by atoms with Crippen LogP contribution in [0.1, 0.15) is 16.7 Å². The molecule has 3 rings (SSSR count). The normalized spacial score (nSPS) is 15.4. The Kier molecular flexibility index (Phi) is 3.72. The molecule has 0 radical (unpaired) electrons. The molecule has 114 valence electrons. The van der Waals surface area contributed by atoms with Crippen LogP contribution in [0.15, 0.2) is 59.2 Å². The number of carbonyl (C=O) groups is 1. The van der Waals surface area contributed by atoms with E-state index < -0.39 is 10.9 Å². The summed E-state index contributed by atoms with van der Waals surface area (Å²) in [5.74, 6) is -0.401. The monoisotopic (exact) mass is 308 g/mol. The average molecular weight is 308 g/mol. The first-order valence-corrected chi connectivity index (χ1v) is 6.87. The lowest BCUT2D eigenvalue weighted by Gasteiger charge is -1.98. The van der Waals surface area contributed by atoms with Crippen molar-refractivity contribution in [2.24, 2.45) is 4.99 Å². The minimum atomic E-state index is -0.543. The van der Waals surface area contributed by atoms with Gasteiger partial charge < -0.3 is 4.74 Å². The third kappa shape index (κ3) is 3.16. The second-order valence-corrected chi connectivity index (χ2v) is 5.05. The van der Waals surface area contributed by atoms with Gasteiger partial charge in [0.15, 0.2) is 5.70 Å². The van der Waals surface area contributed by atoms with E-state index in [0.717, 1.165) is 11.1 Å². The van der Waals surface area contributed by atoms with Gasteiger partial charge in [-0.1, -0.05) is 29.8 Å². The molecule has 1 aliphatic rings. The number of hydrogen-bond acceptors (Lipinski definition) is 5. The van der Waals surface area contributed by atoms with Crippen molar-refractivity contribution < 1.29 is 14.5 Å². The summed E-state index contributed by atoms with van der Waals surface area (Å²) in [6.45, 7) is 1.98. The number of nitro groups is 1. The molecule has 2 aromatic rings. The molecule has 0 spiro atoms. The van der Waals surface area contributed by atoms with Gasteiger partial charge in [0.25, 0.3) is 5.69 Å². The lowest BCUT2D eigenvalue weighted by Crippen LogP contribution is -2.05. The van der Waals surface area contributed by atoms with Crippen LogP contribution >= 0.6 is 0 Å². The smallest absolute Gasteiger partial charge is 0.363 e. The highest BCUT2D eigenvalue weighted by molar-refractivity contribution is 6.12. The number of rotatable bonds is 3. The van der Waals surface area contributed by atoms with Gasteiger partial charge >= 0.3 is 5.97 Å². The average Bonchev–Trinajstić information content (AvgIpc) is 2.91. The van der Waals surface area contributed by atoms with Crippen LogP contribution in [0.2, 0.25) is 0 Å². The van der Waals surface area contributed by atoms with E-state index in [0.29, 0.717) is 5.56 Å². The molecule has 0 aromatic heterocycles. The van der Waals surface area contributed by atoms with Crippen LogP contribution in [-0.2, 0) is 9.53 Å². The molecule has 2 aromatic carbocycles. The predicted molar refractivity (Wildman–Crippen MR) is 84.9 cm³/mol. The molecule has 1 aliphatic heterocycles. The number of carbonyl (C=O) groups excluding carboxylic acids is 1. The Hall–Kier alpha value is -3.28. The van der Waals surface area contributed by atoms with Crippen molar-refractivity contribution in [3.05, 3.63) is 81.0 Å². The Morgan fingerprint density at radius 2 is 1.74 bits per heavy atom. The maximum Gasteiger partial charge on any atom is 0.363 e. The second-order valence-electron chi connectivity index (χ2n) is 5.05. The molecule has 0 bridgehead atoms. The molecular weight excluding hydrogens is 296 g/mol. The summed E-state index contributed by atoms with van der Waals surface area (Å²) in [5.41, 5.74) is 2.64. The van der Waals surface area contributed by atoms with Crippen molar-refractivity contribution in [1.29, 1.82) is 0 Å². The van der Waals surface area contributed by atoms with E-state index in [1.165, 1.54) is 24.3 Å². The zero-order chi connectivity index (χ0) is 16.4. The fourth-order valence-electron chi connectivity index (χ4n) is 2.08. The summed E-state index contributed by atoms with van der Waals surface area (Å²) in [6.07, 6.45) is 1.64. The van der Waals surface area contributed by atoms with Crippen molar-refractivity contribution in [1.82, 2.24) is 0 Å². The van der Waals surface area contributed by atoms with Crippen LogP contribution in [0, 0.1) is 17.0 Å². The first kappa shape index (κ1) is 14.6. The summed E-state index contributed by atoms with van der Waals surface area (Å²) in [4.78, 5) is 26.2. The number of aryl methyl sites for hydroxylation is 1. The van der Waals surface area contributed by atoms with E-state index in [1.54, 1.807) is 6.08 Å². The Morgan fingerprint density at radius 1 is 1.09 bits per heavy atom. The Morgan fingerprint density at radius 3 is 2.35 bits per heavy atom. The molecular formula is C17H12N2O4. The molecule has 0 saturated carbocycles. The number of cyclic esters (lactones) is 1. The van der Waals surface area contributed by atoms with Crippen LogP contribution in [0.4, 0.5) is 5.69 Å². The molecule has 0 aliphatic carbocycles. The third-order valence-electron chi connectivity index (χ3n) is 3.33. The van der Waals surface area contributed by atoms with Crippen LogP contribution in [0.3, 0.4) is 0 Å². The lowest BCUT2D eigenvalue weighted by molar-refractivity contribution is -0.384. The van der Waals surface area contributed by atoms with Crippen LogP contribution in [0.5, 0.6) is 0 Å². The third-order valence-corrected chi connectivity index (χ3v) is 3.33. The number of ether oxygens (including phenoxy) is 1. The molecule has 0 fully saturated rings. The molecule has 0 unspecified atom stereocenters. The van der Waals surface area contributed by atoms with Gasteiger partial charge in [0.1, 0.15) is 0 Å². The second kappa shape index (κ2) is 5.84. The quantitative estimate of drug-likeness (QED) is 0.377. The molecule has 6 nitrogen and oxygen atoms in total. The predicted octanol–water partition coefficient (Wildman–Crippen LogP) is 3.25. The Labute approximate surface area is 131 Å². The Bertz CT molecular complexity index is 834. The fraction of sp³-hybridized carbons (Fsp3) is 0.0588. The minimum absolute atomic E-state index is 0.0332. The molecule has 0 atom stereocenters. The highest BCUT2D eigenvalue weighted by Crippen LogP contribution is 2.21. The Balaban J connectivity index is 1.88. The van der Waals surface area contributed by atoms with E-state index in [9.17, 15) is 14.9 Å². The van der Waals surface area contributed by atoms with Gasteiger partial charge in [-0.05, 0) is 30.7 Å². The van der Waals surface area contributed by atoms with E-state index in [4.69, 9.17) is 4.74 Å². The summed E-state index contributed by atoms with van der Waals surface area (Å²) in [7, 11) is 0. The topological polar surface area (TPSA) is 81.8 Å². The van der Waals surface area contributed by atoms with Gasteiger partial charge in [0.05, 0.1) is 4.92 Å². The molecule has 23 heavy (non-hydrogen) atoms. The van der Waals surface area contributed by atoms with Crippen molar-refractivity contribution in [3.63, 3.8) is 0 Å². The highest BCUT2D eigenvalue weighted by Gasteiger charge is 2.24. The van der Waals surface area contributed by atoms with E-state index in [1.807, 2.05) is 31.2 Å². The van der Waals surface area contributed by atoms with Gasteiger partial charge in [-0.15, -0.1) is 0 Å². The summed E-state index contributed by atoms with van der Waals surface area (Å²) >= 11 is 0. The number of nitrogens with zero attached hydrogens (tertiary/aromatic N) is 2. The summed E-state index contributed by atoms with van der Waals surface area (Å²) in [6, 6.07) is 13.3. The maximum atomic E-state index is 11.9. The first-order valence-electron chi connectivity index (χ1n) is 6.87. The maximum absolute atomic E-state index is 11.9. The van der Waals surface area contributed by atoms with E-state index >= 15 is 0 Å². The number of aliphatic imine (C=N–C) groups is 1. The van der Waals surface area contributed by atoms with Crippen molar-refractivity contribution >= 4 is 23.6 Å². The van der Waals surface area contributed by atoms with Crippen molar-refractivity contribution in [3.8, 4) is 0 Å². The lowest BCUT2D eigenvalue weighted by atomic mass is 10.1. The highest BCUT2D eigenvalue weighted by atomic mass is 16.6. The number of esters is 1. The standard InChI is InChI=1S/C17H12N2O4/c1-11-2-4-12(5-3-11)10-15-17(20)23-16(18-15)13-6-8-14(9-7-13)19(21)22/h2-10H,1H3. The summed E-state index contributed by atoms with van der Waals surface area (Å²) < 4.78 is 5.13. The molecule has 0 N–H and O–H groups in total. The zero-order valence-electron chi connectivity index (χ0n) is 12.2. The first-order chi connectivity index (χ1) is 11.0. The minimum Gasteiger partial charge on any atom is -0.402 e. The number of non-ortho nitro benzene ring substituents is 1. The molecule has 0 saturated heterocycles. The van der Waals surface area contributed by atoms with Crippen LogP contribution in [0.25, 0.3) is 6.08 Å². The van der Waals surface area contributed by atoms with Gasteiger partial charge in [0.2, 0.25) is 5.90 Å². The summed E-state index contributed by atoms with van der Waals surface area (Å²) in [5, 5.41) is 10.6. The van der Waals surface area contributed by atoms with Gasteiger partial charge in [-0.2, -0.15) is 0 Å². The van der Waals surface area contributed by atoms with Crippen molar-refractivity contribution in [2.75, 3.05) is 0 Å². The van der Waals surface area contributed by atoms with Gasteiger partial charge in [-0.3, -0.25) is 10.1 Å². The van der Waals surface area contributed by atoms with E-state index in [-0.39, 0.29) is 17.3 Å². The number of nitro benzene ring substituents is 1. The van der Waals surface area contributed by atoms with Gasteiger partial charge in [-0.25, -0.2) is 9.79 Å². The fourth-order valence-corrected chi connectivity index (χ4v) is 2.08. The molecule has 6 heteroatoms. The zero-order valence-corrected chi connectivity index (χ0v) is 12.2. The number of benzene rings is 2. The van der Waals surface area contributed by atoms with Gasteiger partial charge in [0, 0.05) is 17.7 Å². The number of hydrogen-bond donors (Lipinski definition) is 0. The SMILES string of the molecule is Cc1ccc(C=C2N=C(c3ccc([N+](=O)[O-])cc3)OC2=O)cc1. The molecule has 0 amide bonds. The molecule has 1 heterocycles. The largest absolute Gasteiger partial charge is 0.402 e. The van der Waals surface area contributed by atoms with Crippen LogP contribution < -0.4 is 0 Å².